The Morgan fingerprint density at radius 1 is 1.10 bits per heavy atom. The van der Waals surface area contributed by atoms with Crippen LogP contribution >= 0.6 is 0 Å². The molecule has 0 radical (unpaired) electrons. The number of aryl methyl sites for hydroxylation is 1. The van der Waals surface area contributed by atoms with E-state index in [0.29, 0.717) is 5.82 Å². The van der Waals surface area contributed by atoms with E-state index in [1.54, 1.807) is 4.90 Å². The molecule has 0 fully saturated rings. The normalized spacial score (nSPS) is 10.3. The Balaban J connectivity index is 2.71. The maximum absolute atomic E-state index is 12.0. The Bertz CT molecular complexity index is 446. The van der Waals surface area contributed by atoms with E-state index in [4.69, 9.17) is 0 Å². The third-order valence-electron chi connectivity index (χ3n) is 3.18. The van der Waals surface area contributed by atoms with Crippen molar-refractivity contribution >= 4 is 17.5 Å². The van der Waals surface area contributed by atoms with Crippen molar-refractivity contribution in [2.24, 2.45) is 0 Å². The number of aromatic nitrogens is 2. The quantitative estimate of drug-likeness (QED) is 0.730. The summed E-state index contributed by atoms with van der Waals surface area (Å²) < 4.78 is 0. The van der Waals surface area contributed by atoms with E-state index in [1.807, 2.05) is 26.8 Å². The van der Waals surface area contributed by atoms with Crippen LogP contribution < -0.4 is 10.6 Å². The Kier molecular flexibility index (Phi) is 7.50. The minimum atomic E-state index is 0.0831. The zero-order valence-corrected chi connectivity index (χ0v) is 13.6. The third-order valence-corrected chi connectivity index (χ3v) is 3.18. The summed E-state index contributed by atoms with van der Waals surface area (Å²) >= 11 is 0. The lowest BCUT2D eigenvalue weighted by atomic mass is 10.4. The van der Waals surface area contributed by atoms with E-state index < -0.39 is 0 Å². The fourth-order valence-corrected chi connectivity index (χ4v) is 1.94. The van der Waals surface area contributed by atoms with Crippen molar-refractivity contribution in [2.75, 3.05) is 36.8 Å². The number of amides is 1. The molecule has 1 aromatic heterocycles. The Morgan fingerprint density at radius 3 is 2.24 bits per heavy atom. The summed E-state index contributed by atoms with van der Waals surface area (Å²) in [6, 6.07) is 1.85. The van der Waals surface area contributed by atoms with Crippen LogP contribution in [0.4, 0.5) is 11.6 Å². The molecule has 0 atom stereocenters. The van der Waals surface area contributed by atoms with Crippen LogP contribution in [0.5, 0.6) is 0 Å². The van der Waals surface area contributed by atoms with Crippen molar-refractivity contribution in [3.63, 3.8) is 0 Å². The van der Waals surface area contributed by atoms with Gasteiger partial charge in [-0.15, -0.1) is 0 Å². The molecule has 0 unspecified atom stereocenters. The Labute approximate surface area is 127 Å². The highest BCUT2D eigenvalue weighted by Crippen LogP contribution is 2.12. The highest BCUT2D eigenvalue weighted by molar-refractivity contribution is 5.80. The van der Waals surface area contributed by atoms with E-state index in [0.717, 1.165) is 44.1 Å². The highest BCUT2D eigenvalue weighted by atomic mass is 16.2. The Morgan fingerprint density at radius 2 is 1.71 bits per heavy atom. The van der Waals surface area contributed by atoms with Gasteiger partial charge >= 0.3 is 0 Å². The molecular formula is C15H27N5O. The summed E-state index contributed by atoms with van der Waals surface area (Å²) in [5.74, 6) is 2.36. The highest BCUT2D eigenvalue weighted by Gasteiger charge is 2.10. The van der Waals surface area contributed by atoms with E-state index in [2.05, 4.69) is 27.5 Å². The molecule has 6 heteroatoms. The molecule has 1 rings (SSSR count). The van der Waals surface area contributed by atoms with Gasteiger partial charge in [0.15, 0.2) is 0 Å². The first-order valence-corrected chi connectivity index (χ1v) is 7.77. The molecule has 0 saturated heterocycles. The lowest BCUT2D eigenvalue weighted by Gasteiger charge is -2.19. The first kappa shape index (κ1) is 17.2. The average Bonchev–Trinajstić information content (AvgIpc) is 2.51. The number of nitrogens with one attached hydrogen (secondary N) is 2. The molecule has 6 nitrogen and oxygen atoms in total. The monoisotopic (exact) mass is 293 g/mol. The fourth-order valence-electron chi connectivity index (χ4n) is 1.94. The molecule has 0 aliphatic carbocycles. The van der Waals surface area contributed by atoms with Crippen molar-refractivity contribution in [3.8, 4) is 0 Å². The first-order valence-electron chi connectivity index (χ1n) is 7.77. The molecule has 0 spiro atoms. The average molecular weight is 293 g/mol. The van der Waals surface area contributed by atoms with Crippen molar-refractivity contribution in [1.29, 1.82) is 0 Å². The predicted octanol–water partition coefficient (Wildman–Crippen LogP) is 2.14. The largest absolute Gasteiger partial charge is 0.370 e. The predicted molar refractivity (Wildman–Crippen MR) is 86.6 cm³/mol. The summed E-state index contributed by atoms with van der Waals surface area (Å²) in [7, 11) is 0. The summed E-state index contributed by atoms with van der Waals surface area (Å²) in [5.41, 5.74) is 0. The van der Waals surface area contributed by atoms with Crippen LogP contribution in [-0.4, -0.2) is 47.0 Å². The van der Waals surface area contributed by atoms with Crippen LogP contribution in [0.1, 0.15) is 39.9 Å². The second-order valence-electron chi connectivity index (χ2n) is 4.75. The molecule has 1 amide bonds. The van der Waals surface area contributed by atoms with Gasteiger partial charge in [-0.2, -0.15) is 0 Å². The maximum Gasteiger partial charge on any atom is 0.241 e. The number of carbonyl (C=O) groups excluding carboxylic acids is 1. The van der Waals surface area contributed by atoms with Crippen LogP contribution in [0.2, 0.25) is 0 Å². The van der Waals surface area contributed by atoms with Gasteiger partial charge in [-0.25, -0.2) is 9.97 Å². The number of nitrogens with zero attached hydrogens (tertiary/aromatic N) is 3. The minimum Gasteiger partial charge on any atom is -0.370 e. The Hall–Kier alpha value is -1.85. The van der Waals surface area contributed by atoms with Gasteiger partial charge in [0.1, 0.15) is 17.5 Å². The van der Waals surface area contributed by atoms with Gasteiger partial charge in [-0.1, -0.05) is 13.8 Å². The number of rotatable bonds is 9. The number of carbonyl (C=O) groups is 1. The SMILES string of the molecule is CCCNc1cc(NCC(=O)N(CC)CC)nc(CC)n1. The molecule has 118 valence electrons. The standard InChI is InChI=1S/C15H27N5O/c1-5-9-16-13-10-14(19-12(6-2)18-13)17-11-15(21)20(7-3)8-4/h10H,5-9,11H2,1-4H3,(H2,16,17,18,19). The van der Waals surface area contributed by atoms with Crippen molar-refractivity contribution in [3.05, 3.63) is 11.9 Å². The van der Waals surface area contributed by atoms with Gasteiger partial charge < -0.3 is 15.5 Å². The van der Waals surface area contributed by atoms with Crippen LogP contribution in [0.3, 0.4) is 0 Å². The molecule has 1 heterocycles. The van der Waals surface area contributed by atoms with Gasteiger partial charge in [0, 0.05) is 32.1 Å². The van der Waals surface area contributed by atoms with Crippen LogP contribution in [0.15, 0.2) is 6.07 Å². The second kappa shape index (κ2) is 9.15. The second-order valence-corrected chi connectivity index (χ2v) is 4.75. The number of hydrogen-bond acceptors (Lipinski definition) is 5. The minimum absolute atomic E-state index is 0.0831. The molecule has 2 N–H and O–H groups in total. The van der Waals surface area contributed by atoms with Crippen molar-refractivity contribution < 1.29 is 4.79 Å². The summed E-state index contributed by atoms with van der Waals surface area (Å²) in [5, 5.41) is 6.36. The molecule has 21 heavy (non-hydrogen) atoms. The number of anilines is 2. The number of hydrogen-bond donors (Lipinski definition) is 2. The molecule has 0 aliphatic heterocycles. The van der Waals surface area contributed by atoms with Crippen LogP contribution in [-0.2, 0) is 11.2 Å². The van der Waals surface area contributed by atoms with E-state index >= 15 is 0 Å². The van der Waals surface area contributed by atoms with E-state index in [1.165, 1.54) is 0 Å². The van der Waals surface area contributed by atoms with Gasteiger partial charge in [0.25, 0.3) is 0 Å². The van der Waals surface area contributed by atoms with Crippen molar-refractivity contribution in [1.82, 2.24) is 14.9 Å². The molecule has 0 saturated carbocycles. The topological polar surface area (TPSA) is 70.2 Å². The smallest absolute Gasteiger partial charge is 0.241 e. The van der Waals surface area contributed by atoms with E-state index in [-0.39, 0.29) is 12.5 Å². The lowest BCUT2D eigenvalue weighted by Crippen LogP contribution is -2.35. The van der Waals surface area contributed by atoms with Gasteiger partial charge in [-0.3, -0.25) is 4.79 Å². The molecular weight excluding hydrogens is 266 g/mol. The zero-order valence-electron chi connectivity index (χ0n) is 13.6. The van der Waals surface area contributed by atoms with Crippen molar-refractivity contribution in [2.45, 2.75) is 40.5 Å². The first-order chi connectivity index (χ1) is 10.1. The van der Waals surface area contributed by atoms with Crippen LogP contribution in [0.25, 0.3) is 0 Å². The third kappa shape index (κ3) is 5.57. The summed E-state index contributed by atoms with van der Waals surface area (Å²) in [6.45, 7) is 10.7. The molecule has 1 aromatic rings. The van der Waals surface area contributed by atoms with Gasteiger partial charge in [0.05, 0.1) is 6.54 Å². The lowest BCUT2D eigenvalue weighted by molar-refractivity contribution is -0.128. The van der Waals surface area contributed by atoms with Gasteiger partial charge in [0.2, 0.25) is 5.91 Å². The number of likely N-dealkylation sites (N-methyl/N-ethyl adjacent to an activating group) is 1. The molecule has 0 aromatic carbocycles. The zero-order chi connectivity index (χ0) is 15.7. The molecule has 0 bridgehead atoms. The summed E-state index contributed by atoms with van der Waals surface area (Å²) in [4.78, 5) is 22.6. The summed E-state index contributed by atoms with van der Waals surface area (Å²) in [6.07, 6.45) is 1.80. The van der Waals surface area contributed by atoms with Crippen LogP contribution in [0, 0.1) is 0 Å². The van der Waals surface area contributed by atoms with E-state index in [9.17, 15) is 4.79 Å². The molecule has 0 aliphatic rings. The maximum atomic E-state index is 12.0. The fraction of sp³-hybridized carbons (Fsp3) is 0.667. The van der Waals surface area contributed by atoms with Gasteiger partial charge in [-0.05, 0) is 20.3 Å².